The summed E-state index contributed by atoms with van der Waals surface area (Å²) in [6.07, 6.45) is 2.04. The van der Waals surface area contributed by atoms with E-state index in [4.69, 9.17) is 9.47 Å². The standard InChI is InChI=1S/C22H24N2O4S/c1-4-5-10-27-17-8-6-16(7-9-17)21(26)28-13-19(25)23-22-24-20-15(3)11-14(2)12-18(20)29-22/h6-9,11-12H,4-5,10,13H2,1-3H3,(H,23,24,25). The average Bonchev–Trinajstić information content (AvgIpc) is 3.09. The molecule has 0 aliphatic heterocycles. The lowest BCUT2D eigenvalue weighted by atomic mass is 10.1. The second kappa shape index (κ2) is 9.52. The van der Waals surface area contributed by atoms with Gasteiger partial charge in [-0.15, -0.1) is 0 Å². The number of ether oxygens (including phenoxy) is 2. The molecule has 0 saturated carbocycles. The summed E-state index contributed by atoms with van der Waals surface area (Å²) in [5.74, 6) is -0.281. The predicted molar refractivity (Wildman–Crippen MR) is 115 cm³/mol. The summed E-state index contributed by atoms with van der Waals surface area (Å²) in [6, 6.07) is 10.8. The summed E-state index contributed by atoms with van der Waals surface area (Å²) in [4.78, 5) is 28.7. The lowest BCUT2D eigenvalue weighted by Gasteiger charge is -2.07. The van der Waals surface area contributed by atoms with Gasteiger partial charge in [-0.2, -0.15) is 0 Å². The Kier molecular flexibility index (Phi) is 6.82. The van der Waals surface area contributed by atoms with Gasteiger partial charge in [-0.05, 0) is 61.7 Å². The maximum atomic E-state index is 12.1. The number of hydrogen-bond donors (Lipinski definition) is 1. The third-order valence-electron chi connectivity index (χ3n) is 4.27. The van der Waals surface area contributed by atoms with E-state index < -0.39 is 11.9 Å². The molecular formula is C22H24N2O4S. The van der Waals surface area contributed by atoms with Crippen LogP contribution in [-0.2, 0) is 9.53 Å². The van der Waals surface area contributed by atoms with Gasteiger partial charge in [0.25, 0.3) is 5.91 Å². The third-order valence-corrected chi connectivity index (χ3v) is 5.18. The summed E-state index contributed by atoms with van der Waals surface area (Å²) in [5.41, 5.74) is 3.44. The van der Waals surface area contributed by atoms with Gasteiger partial charge < -0.3 is 9.47 Å². The van der Waals surface area contributed by atoms with E-state index in [0.717, 1.165) is 34.2 Å². The van der Waals surface area contributed by atoms with Gasteiger partial charge in [0.1, 0.15) is 5.75 Å². The Hall–Kier alpha value is -2.93. The van der Waals surface area contributed by atoms with Crippen LogP contribution in [-0.4, -0.2) is 30.1 Å². The Morgan fingerprint density at radius 1 is 1.14 bits per heavy atom. The number of carbonyl (C=O) groups is 2. The molecule has 0 unspecified atom stereocenters. The van der Waals surface area contributed by atoms with Crippen LogP contribution in [0.5, 0.6) is 5.75 Å². The fraction of sp³-hybridized carbons (Fsp3) is 0.318. The van der Waals surface area contributed by atoms with Crippen molar-refractivity contribution >= 4 is 38.6 Å². The van der Waals surface area contributed by atoms with Gasteiger partial charge in [0, 0.05) is 0 Å². The largest absolute Gasteiger partial charge is 0.494 e. The van der Waals surface area contributed by atoms with E-state index in [-0.39, 0.29) is 6.61 Å². The molecule has 3 aromatic rings. The summed E-state index contributed by atoms with van der Waals surface area (Å²) >= 11 is 1.40. The molecule has 6 nitrogen and oxygen atoms in total. The van der Waals surface area contributed by atoms with E-state index in [1.807, 2.05) is 19.9 Å². The van der Waals surface area contributed by atoms with E-state index in [1.54, 1.807) is 24.3 Å². The number of aromatic nitrogens is 1. The highest BCUT2D eigenvalue weighted by atomic mass is 32.1. The quantitative estimate of drug-likeness (QED) is 0.421. The van der Waals surface area contributed by atoms with Crippen molar-refractivity contribution in [3.8, 4) is 5.75 Å². The first-order valence-corrected chi connectivity index (χ1v) is 10.4. The second-order valence-corrected chi connectivity index (χ2v) is 7.83. The number of aryl methyl sites for hydroxylation is 2. The maximum Gasteiger partial charge on any atom is 0.338 e. The average molecular weight is 413 g/mol. The number of carbonyl (C=O) groups excluding carboxylic acids is 2. The molecular weight excluding hydrogens is 388 g/mol. The summed E-state index contributed by atoms with van der Waals surface area (Å²) in [5, 5.41) is 3.18. The summed E-state index contributed by atoms with van der Waals surface area (Å²) < 4.78 is 11.7. The Morgan fingerprint density at radius 3 is 2.62 bits per heavy atom. The zero-order chi connectivity index (χ0) is 20.8. The number of thiazole rings is 1. The SMILES string of the molecule is CCCCOc1ccc(C(=O)OCC(=O)Nc2nc3c(C)cc(C)cc3s2)cc1. The van der Waals surface area contributed by atoms with Crippen LogP contribution in [0.2, 0.25) is 0 Å². The molecule has 2 aromatic carbocycles. The maximum absolute atomic E-state index is 12.1. The molecule has 152 valence electrons. The molecule has 0 spiro atoms. The molecule has 0 atom stereocenters. The van der Waals surface area contributed by atoms with Crippen LogP contribution in [0.4, 0.5) is 5.13 Å². The van der Waals surface area contributed by atoms with Gasteiger partial charge >= 0.3 is 5.97 Å². The first-order valence-electron chi connectivity index (χ1n) is 9.54. The van der Waals surface area contributed by atoms with E-state index in [2.05, 4.69) is 23.3 Å². The summed E-state index contributed by atoms with van der Waals surface area (Å²) in [7, 11) is 0. The second-order valence-electron chi connectivity index (χ2n) is 6.80. The fourth-order valence-corrected chi connectivity index (χ4v) is 3.87. The molecule has 29 heavy (non-hydrogen) atoms. The molecule has 1 amide bonds. The number of rotatable bonds is 8. The van der Waals surface area contributed by atoms with E-state index in [1.165, 1.54) is 11.3 Å². The smallest absolute Gasteiger partial charge is 0.338 e. The molecule has 0 bridgehead atoms. The van der Waals surface area contributed by atoms with Gasteiger partial charge in [0.2, 0.25) is 0 Å². The first-order chi connectivity index (χ1) is 14.0. The number of benzene rings is 2. The molecule has 0 saturated heterocycles. The minimum atomic E-state index is -0.559. The lowest BCUT2D eigenvalue weighted by Crippen LogP contribution is -2.20. The van der Waals surface area contributed by atoms with Crippen molar-refractivity contribution in [3.63, 3.8) is 0 Å². The molecule has 0 radical (unpaired) electrons. The molecule has 0 aliphatic rings. The molecule has 3 rings (SSSR count). The van der Waals surface area contributed by atoms with Crippen molar-refractivity contribution in [2.24, 2.45) is 0 Å². The molecule has 7 heteroatoms. The molecule has 0 aliphatic carbocycles. The topological polar surface area (TPSA) is 77.5 Å². The minimum Gasteiger partial charge on any atom is -0.494 e. The van der Waals surface area contributed by atoms with Crippen molar-refractivity contribution in [1.82, 2.24) is 4.98 Å². The first kappa shape index (κ1) is 20.8. The van der Waals surface area contributed by atoms with Crippen molar-refractivity contribution in [1.29, 1.82) is 0 Å². The Bertz CT molecular complexity index is 1010. The highest BCUT2D eigenvalue weighted by molar-refractivity contribution is 7.22. The van der Waals surface area contributed by atoms with Crippen LogP contribution < -0.4 is 10.1 Å². The van der Waals surface area contributed by atoms with Crippen molar-refractivity contribution in [3.05, 3.63) is 53.1 Å². The molecule has 1 heterocycles. The van der Waals surface area contributed by atoms with E-state index in [9.17, 15) is 9.59 Å². The van der Waals surface area contributed by atoms with E-state index in [0.29, 0.717) is 23.1 Å². The molecule has 1 N–H and O–H groups in total. The third kappa shape index (κ3) is 5.54. The molecule has 1 aromatic heterocycles. The fourth-order valence-electron chi connectivity index (χ4n) is 2.82. The zero-order valence-electron chi connectivity index (χ0n) is 16.8. The van der Waals surface area contributed by atoms with Crippen LogP contribution in [0.1, 0.15) is 41.3 Å². The van der Waals surface area contributed by atoms with Gasteiger partial charge in [-0.25, -0.2) is 9.78 Å². The number of amides is 1. The van der Waals surface area contributed by atoms with Gasteiger partial charge in [-0.1, -0.05) is 30.7 Å². The van der Waals surface area contributed by atoms with Crippen LogP contribution in [0.3, 0.4) is 0 Å². The Labute approximate surface area is 173 Å². The molecule has 0 fully saturated rings. The Balaban J connectivity index is 1.52. The Morgan fingerprint density at radius 2 is 1.90 bits per heavy atom. The predicted octanol–water partition coefficient (Wildman–Crippen LogP) is 4.89. The van der Waals surface area contributed by atoms with Crippen molar-refractivity contribution in [2.45, 2.75) is 33.6 Å². The minimum absolute atomic E-state index is 0.367. The number of esters is 1. The number of anilines is 1. The number of nitrogens with zero attached hydrogens (tertiary/aromatic N) is 1. The lowest BCUT2D eigenvalue weighted by molar-refractivity contribution is -0.119. The highest BCUT2D eigenvalue weighted by Gasteiger charge is 2.13. The number of unbranched alkanes of at least 4 members (excludes halogenated alkanes) is 1. The van der Waals surface area contributed by atoms with Crippen LogP contribution in [0.25, 0.3) is 10.2 Å². The van der Waals surface area contributed by atoms with E-state index >= 15 is 0 Å². The zero-order valence-corrected chi connectivity index (χ0v) is 17.6. The van der Waals surface area contributed by atoms with Crippen LogP contribution >= 0.6 is 11.3 Å². The van der Waals surface area contributed by atoms with Crippen molar-refractivity contribution in [2.75, 3.05) is 18.5 Å². The van der Waals surface area contributed by atoms with Gasteiger partial charge in [-0.3, -0.25) is 10.1 Å². The number of fused-ring (bicyclic) bond motifs is 1. The normalized spacial score (nSPS) is 10.7. The monoisotopic (exact) mass is 412 g/mol. The van der Waals surface area contributed by atoms with Crippen molar-refractivity contribution < 1.29 is 19.1 Å². The van der Waals surface area contributed by atoms with Gasteiger partial charge in [0.05, 0.1) is 22.4 Å². The summed E-state index contributed by atoms with van der Waals surface area (Å²) in [6.45, 7) is 6.38. The number of hydrogen-bond acceptors (Lipinski definition) is 6. The van der Waals surface area contributed by atoms with Crippen LogP contribution in [0, 0.1) is 13.8 Å². The van der Waals surface area contributed by atoms with Gasteiger partial charge in [0.15, 0.2) is 11.7 Å². The number of nitrogens with one attached hydrogen (secondary N) is 1. The highest BCUT2D eigenvalue weighted by Crippen LogP contribution is 2.29. The van der Waals surface area contributed by atoms with Crippen LogP contribution in [0.15, 0.2) is 36.4 Å².